The van der Waals surface area contributed by atoms with Gasteiger partial charge in [0.1, 0.15) is 0 Å². The number of imidazole rings is 1. The lowest BCUT2D eigenvalue weighted by Gasteiger charge is -2.30. The summed E-state index contributed by atoms with van der Waals surface area (Å²) in [5, 5.41) is 11.5. The molecule has 9 heteroatoms. The Labute approximate surface area is 123 Å². The van der Waals surface area contributed by atoms with Crippen LogP contribution < -0.4 is 5.32 Å². The van der Waals surface area contributed by atoms with Crippen LogP contribution in [0.5, 0.6) is 0 Å². The molecule has 0 bridgehead atoms. The SMILES string of the molecule is O=C(NCCCO)C1CCN(S(=O)(=O)c2cnc[nH]2)CC1. The van der Waals surface area contributed by atoms with Crippen molar-refractivity contribution in [2.24, 2.45) is 5.92 Å². The van der Waals surface area contributed by atoms with Crippen LogP contribution in [0.3, 0.4) is 0 Å². The van der Waals surface area contributed by atoms with E-state index in [1.54, 1.807) is 0 Å². The summed E-state index contributed by atoms with van der Waals surface area (Å²) < 4.78 is 25.9. The Morgan fingerprint density at radius 3 is 2.76 bits per heavy atom. The molecule has 1 fully saturated rings. The summed E-state index contributed by atoms with van der Waals surface area (Å²) in [6, 6.07) is 0. The van der Waals surface area contributed by atoms with Gasteiger partial charge < -0.3 is 15.4 Å². The smallest absolute Gasteiger partial charge is 0.260 e. The van der Waals surface area contributed by atoms with E-state index in [9.17, 15) is 13.2 Å². The maximum atomic E-state index is 12.3. The second kappa shape index (κ2) is 7.01. The molecule has 0 saturated carbocycles. The van der Waals surface area contributed by atoms with Crippen molar-refractivity contribution in [2.45, 2.75) is 24.3 Å². The normalized spacial score (nSPS) is 17.8. The monoisotopic (exact) mass is 316 g/mol. The topological polar surface area (TPSA) is 115 Å². The Morgan fingerprint density at radius 1 is 1.48 bits per heavy atom. The van der Waals surface area contributed by atoms with Crippen LogP contribution in [0.15, 0.2) is 17.6 Å². The van der Waals surface area contributed by atoms with E-state index in [1.807, 2.05) is 0 Å². The van der Waals surface area contributed by atoms with Gasteiger partial charge in [0, 0.05) is 32.2 Å². The Bertz CT molecular complexity index is 550. The summed E-state index contributed by atoms with van der Waals surface area (Å²) in [7, 11) is -3.54. The third-order valence-electron chi connectivity index (χ3n) is 3.55. The number of H-pyrrole nitrogens is 1. The van der Waals surface area contributed by atoms with E-state index in [0.29, 0.717) is 38.9 Å². The van der Waals surface area contributed by atoms with Gasteiger partial charge in [0.2, 0.25) is 5.91 Å². The molecule has 2 heterocycles. The molecule has 1 aromatic rings. The quantitative estimate of drug-likeness (QED) is 0.601. The van der Waals surface area contributed by atoms with E-state index < -0.39 is 10.0 Å². The van der Waals surface area contributed by atoms with Gasteiger partial charge in [-0.2, -0.15) is 4.31 Å². The lowest BCUT2D eigenvalue weighted by Crippen LogP contribution is -2.43. The second-order valence-electron chi connectivity index (χ2n) is 4.96. The fourth-order valence-electron chi connectivity index (χ4n) is 2.32. The molecule has 8 nitrogen and oxygen atoms in total. The first-order chi connectivity index (χ1) is 10.1. The number of hydrogen-bond donors (Lipinski definition) is 3. The van der Waals surface area contributed by atoms with Gasteiger partial charge >= 0.3 is 0 Å². The minimum atomic E-state index is -3.54. The maximum absolute atomic E-state index is 12.3. The number of aliphatic hydroxyl groups is 1. The molecular formula is C12H20N4O4S. The molecule has 0 atom stereocenters. The van der Waals surface area contributed by atoms with Crippen molar-refractivity contribution < 1.29 is 18.3 Å². The highest BCUT2D eigenvalue weighted by atomic mass is 32.2. The van der Waals surface area contributed by atoms with Gasteiger partial charge in [-0.1, -0.05) is 0 Å². The van der Waals surface area contributed by atoms with Crippen LogP contribution >= 0.6 is 0 Å². The van der Waals surface area contributed by atoms with E-state index in [-0.39, 0.29) is 23.5 Å². The van der Waals surface area contributed by atoms with Gasteiger partial charge in [0.05, 0.1) is 12.5 Å². The number of hydrogen-bond acceptors (Lipinski definition) is 5. The van der Waals surface area contributed by atoms with Crippen molar-refractivity contribution in [2.75, 3.05) is 26.2 Å². The summed E-state index contributed by atoms with van der Waals surface area (Å²) in [6.07, 6.45) is 4.13. The Hall–Kier alpha value is -1.45. The summed E-state index contributed by atoms with van der Waals surface area (Å²) in [6.45, 7) is 1.13. The molecule has 1 amide bonds. The fraction of sp³-hybridized carbons (Fsp3) is 0.667. The number of carbonyl (C=O) groups excluding carboxylic acids is 1. The zero-order valence-corrected chi connectivity index (χ0v) is 12.5. The van der Waals surface area contributed by atoms with E-state index in [2.05, 4.69) is 15.3 Å². The molecule has 0 aliphatic carbocycles. The van der Waals surface area contributed by atoms with Gasteiger partial charge in [-0.25, -0.2) is 13.4 Å². The Morgan fingerprint density at radius 2 is 2.19 bits per heavy atom. The fourth-order valence-corrected chi connectivity index (χ4v) is 3.68. The molecule has 1 aromatic heterocycles. The van der Waals surface area contributed by atoms with Crippen molar-refractivity contribution in [1.29, 1.82) is 0 Å². The van der Waals surface area contributed by atoms with Crippen molar-refractivity contribution in [1.82, 2.24) is 19.6 Å². The van der Waals surface area contributed by atoms with Crippen LogP contribution in [0.25, 0.3) is 0 Å². The van der Waals surface area contributed by atoms with Gasteiger partial charge in [-0.15, -0.1) is 0 Å². The molecule has 0 radical (unpaired) electrons. The third kappa shape index (κ3) is 3.80. The van der Waals surface area contributed by atoms with E-state index >= 15 is 0 Å². The third-order valence-corrected chi connectivity index (χ3v) is 5.37. The number of aromatic amines is 1. The van der Waals surface area contributed by atoms with Crippen LogP contribution in [0.4, 0.5) is 0 Å². The van der Waals surface area contributed by atoms with E-state index in [4.69, 9.17) is 5.11 Å². The molecule has 1 aliphatic heterocycles. The first kappa shape index (κ1) is 15.9. The number of aliphatic hydroxyl groups excluding tert-OH is 1. The minimum Gasteiger partial charge on any atom is -0.396 e. The molecule has 0 unspecified atom stereocenters. The summed E-state index contributed by atoms with van der Waals surface area (Å²) in [5.74, 6) is -0.237. The molecule has 2 rings (SSSR count). The number of carbonyl (C=O) groups is 1. The standard InChI is InChI=1S/C12H20N4O4S/c17-7-1-4-14-12(18)10-2-5-16(6-3-10)21(19,20)11-8-13-9-15-11/h8-10,17H,1-7H2,(H,13,15)(H,14,18). The highest BCUT2D eigenvalue weighted by Crippen LogP contribution is 2.22. The first-order valence-electron chi connectivity index (χ1n) is 6.93. The molecule has 118 valence electrons. The number of nitrogens with one attached hydrogen (secondary N) is 2. The maximum Gasteiger partial charge on any atom is 0.260 e. The highest BCUT2D eigenvalue weighted by molar-refractivity contribution is 7.89. The van der Waals surface area contributed by atoms with Crippen molar-refractivity contribution in [3.05, 3.63) is 12.5 Å². The number of piperidine rings is 1. The van der Waals surface area contributed by atoms with Gasteiger partial charge in [-0.3, -0.25) is 4.79 Å². The van der Waals surface area contributed by atoms with Crippen LogP contribution in [-0.2, 0) is 14.8 Å². The predicted octanol–water partition coefficient (Wildman–Crippen LogP) is -0.691. The van der Waals surface area contributed by atoms with Crippen molar-refractivity contribution >= 4 is 15.9 Å². The Balaban J connectivity index is 1.87. The number of nitrogens with zero attached hydrogens (tertiary/aromatic N) is 2. The highest BCUT2D eigenvalue weighted by Gasteiger charge is 2.32. The molecule has 0 aromatic carbocycles. The number of amides is 1. The molecule has 0 spiro atoms. The molecule has 1 saturated heterocycles. The lowest BCUT2D eigenvalue weighted by atomic mass is 9.97. The van der Waals surface area contributed by atoms with Crippen molar-refractivity contribution in [3.8, 4) is 0 Å². The largest absolute Gasteiger partial charge is 0.396 e. The Kier molecular flexibility index (Phi) is 5.32. The number of sulfonamides is 1. The van der Waals surface area contributed by atoms with Crippen LogP contribution in [-0.4, -0.2) is 59.9 Å². The zero-order valence-electron chi connectivity index (χ0n) is 11.7. The molecular weight excluding hydrogens is 296 g/mol. The van der Waals surface area contributed by atoms with Gasteiger partial charge in [0.25, 0.3) is 10.0 Å². The first-order valence-corrected chi connectivity index (χ1v) is 8.37. The molecule has 3 N–H and O–H groups in total. The molecule has 21 heavy (non-hydrogen) atoms. The summed E-state index contributed by atoms with van der Waals surface area (Å²) in [5.41, 5.74) is 0. The summed E-state index contributed by atoms with van der Waals surface area (Å²) >= 11 is 0. The molecule has 1 aliphatic rings. The number of aromatic nitrogens is 2. The average Bonchev–Trinajstić information content (AvgIpc) is 3.02. The van der Waals surface area contributed by atoms with Crippen molar-refractivity contribution in [3.63, 3.8) is 0 Å². The predicted molar refractivity (Wildman–Crippen MR) is 74.8 cm³/mol. The zero-order chi connectivity index (χ0) is 15.3. The second-order valence-corrected chi connectivity index (χ2v) is 6.87. The minimum absolute atomic E-state index is 0.0428. The number of rotatable bonds is 6. The average molecular weight is 316 g/mol. The van der Waals surface area contributed by atoms with Crippen LogP contribution in [0, 0.1) is 5.92 Å². The van der Waals surface area contributed by atoms with Crippen LogP contribution in [0.2, 0.25) is 0 Å². The van der Waals surface area contributed by atoms with Gasteiger partial charge in [0.15, 0.2) is 5.03 Å². The lowest BCUT2D eigenvalue weighted by molar-refractivity contribution is -0.126. The summed E-state index contributed by atoms with van der Waals surface area (Å²) in [4.78, 5) is 18.2. The van der Waals surface area contributed by atoms with Gasteiger partial charge in [-0.05, 0) is 19.3 Å². The van der Waals surface area contributed by atoms with E-state index in [0.717, 1.165) is 0 Å². The van der Waals surface area contributed by atoms with Crippen LogP contribution in [0.1, 0.15) is 19.3 Å². The van der Waals surface area contributed by atoms with E-state index in [1.165, 1.54) is 16.8 Å².